The first kappa shape index (κ1) is 11.5. The van der Waals surface area contributed by atoms with Crippen LogP contribution in [0.5, 0.6) is 11.6 Å². The van der Waals surface area contributed by atoms with E-state index in [1.54, 1.807) is 24.5 Å². The molecule has 0 aliphatic rings. The molecule has 0 aliphatic heterocycles. The van der Waals surface area contributed by atoms with Gasteiger partial charge in [0.05, 0.1) is 11.8 Å². The Balaban J connectivity index is 2.30. The first-order valence-electron chi connectivity index (χ1n) is 5.02. The fourth-order valence-electron chi connectivity index (χ4n) is 1.29. The van der Waals surface area contributed by atoms with Crippen molar-refractivity contribution in [3.8, 4) is 11.6 Å². The minimum Gasteiger partial charge on any atom is -0.437 e. The van der Waals surface area contributed by atoms with E-state index < -0.39 is 0 Å². The average Bonchev–Trinajstić information content (AvgIpc) is 2.32. The van der Waals surface area contributed by atoms with Gasteiger partial charge in [0.15, 0.2) is 0 Å². The van der Waals surface area contributed by atoms with Crippen LogP contribution in [0.4, 0.5) is 0 Å². The highest BCUT2D eigenvalue weighted by atomic mass is 32.1. The maximum atomic E-state index is 5.59. The maximum Gasteiger partial charge on any atom is 0.229 e. The molecular weight excluding hydrogens is 234 g/mol. The lowest BCUT2D eigenvalue weighted by molar-refractivity contribution is 0.459. The van der Waals surface area contributed by atoms with Gasteiger partial charge in [-0.05, 0) is 31.2 Å². The quantitative estimate of drug-likeness (QED) is 0.840. The Morgan fingerprint density at radius 1 is 1.29 bits per heavy atom. The number of nitrogens with zero attached hydrogens (tertiary/aromatic N) is 2. The van der Waals surface area contributed by atoms with Crippen LogP contribution in [0.2, 0.25) is 0 Å². The lowest BCUT2D eigenvalue weighted by Gasteiger charge is -2.08. The highest BCUT2D eigenvalue weighted by Gasteiger charge is 2.08. The molecule has 0 saturated carbocycles. The standard InChI is InChI=1S/C12H11N3OS/c1-8-4-5-9(7-15-8)16-12-10(11(13)17)3-2-6-14-12/h2-7H,1H3,(H2,13,17). The summed E-state index contributed by atoms with van der Waals surface area (Å²) in [5.41, 5.74) is 7.13. The van der Waals surface area contributed by atoms with E-state index in [9.17, 15) is 0 Å². The molecule has 2 rings (SSSR count). The summed E-state index contributed by atoms with van der Waals surface area (Å²) in [7, 11) is 0. The first-order valence-corrected chi connectivity index (χ1v) is 5.43. The molecule has 2 N–H and O–H groups in total. The smallest absolute Gasteiger partial charge is 0.229 e. The Hall–Kier alpha value is -2.01. The molecule has 0 unspecified atom stereocenters. The minimum absolute atomic E-state index is 0.258. The molecule has 17 heavy (non-hydrogen) atoms. The highest BCUT2D eigenvalue weighted by molar-refractivity contribution is 7.80. The van der Waals surface area contributed by atoms with Gasteiger partial charge >= 0.3 is 0 Å². The topological polar surface area (TPSA) is 61.0 Å². The van der Waals surface area contributed by atoms with Crippen LogP contribution in [0, 0.1) is 6.92 Å². The van der Waals surface area contributed by atoms with Gasteiger partial charge in [-0.15, -0.1) is 0 Å². The van der Waals surface area contributed by atoms with Crippen molar-refractivity contribution in [1.29, 1.82) is 0 Å². The fourth-order valence-corrected chi connectivity index (χ4v) is 1.44. The second kappa shape index (κ2) is 4.88. The van der Waals surface area contributed by atoms with Gasteiger partial charge in [-0.3, -0.25) is 4.98 Å². The van der Waals surface area contributed by atoms with Gasteiger partial charge in [0.2, 0.25) is 5.88 Å². The molecule has 0 aromatic carbocycles. The van der Waals surface area contributed by atoms with Crippen molar-refractivity contribution in [3.05, 3.63) is 47.9 Å². The van der Waals surface area contributed by atoms with E-state index in [0.717, 1.165) is 5.69 Å². The number of aryl methyl sites for hydroxylation is 1. The number of hydrogen-bond donors (Lipinski definition) is 1. The van der Waals surface area contributed by atoms with E-state index >= 15 is 0 Å². The monoisotopic (exact) mass is 245 g/mol. The molecule has 0 fully saturated rings. The van der Waals surface area contributed by atoms with Crippen LogP contribution in [0.1, 0.15) is 11.3 Å². The predicted molar refractivity (Wildman–Crippen MR) is 69.2 cm³/mol. The zero-order valence-corrected chi connectivity index (χ0v) is 10.1. The highest BCUT2D eigenvalue weighted by Crippen LogP contribution is 2.21. The molecule has 86 valence electrons. The molecule has 4 nitrogen and oxygen atoms in total. The third-order valence-corrected chi connectivity index (χ3v) is 2.36. The van der Waals surface area contributed by atoms with Crippen molar-refractivity contribution in [2.45, 2.75) is 6.92 Å². The van der Waals surface area contributed by atoms with Crippen LogP contribution >= 0.6 is 12.2 Å². The third kappa shape index (κ3) is 2.76. The minimum atomic E-state index is 0.258. The Kier molecular flexibility index (Phi) is 3.30. The van der Waals surface area contributed by atoms with Gasteiger partial charge in [-0.2, -0.15) is 0 Å². The zero-order valence-electron chi connectivity index (χ0n) is 9.25. The van der Waals surface area contributed by atoms with E-state index in [2.05, 4.69) is 9.97 Å². The van der Waals surface area contributed by atoms with Crippen molar-refractivity contribution >= 4 is 17.2 Å². The Bertz CT molecular complexity index is 540. The SMILES string of the molecule is Cc1ccc(Oc2ncccc2C(N)=S)cn1. The molecule has 0 bridgehead atoms. The summed E-state index contributed by atoms with van der Waals surface area (Å²) in [6.45, 7) is 1.91. The summed E-state index contributed by atoms with van der Waals surface area (Å²) < 4.78 is 5.58. The van der Waals surface area contributed by atoms with E-state index in [1.165, 1.54) is 0 Å². The van der Waals surface area contributed by atoms with Gasteiger partial charge in [0.25, 0.3) is 0 Å². The lowest BCUT2D eigenvalue weighted by atomic mass is 10.3. The summed E-state index contributed by atoms with van der Waals surface area (Å²) in [6.07, 6.45) is 3.26. The lowest BCUT2D eigenvalue weighted by Crippen LogP contribution is -2.11. The normalized spacial score (nSPS) is 9.94. The molecule has 0 atom stereocenters. The molecule has 2 heterocycles. The van der Waals surface area contributed by atoms with Gasteiger partial charge in [0, 0.05) is 11.9 Å². The van der Waals surface area contributed by atoms with Crippen molar-refractivity contribution in [3.63, 3.8) is 0 Å². The third-order valence-electron chi connectivity index (χ3n) is 2.14. The first-order chi connectivity index (χ1) is 8.16. The molecule has 5 heteroatoms. The van der Waals surface area contributed by atoms with Crippen LogP contribution in [-0.2, 0) is 0 Å². The predicted octanol–water partition coefficient (Wildman–Crippen LogP) is 2.21. The molecule has 0 spiro atoms. The van der Waals surface area contributed by atoms with E-state index in [4.69, 9.17) is 22.7 Å². The van der Waals surface area contributed by atoms with Gasteiger partial charge < -0.3 is 10.5 Å². The second-order valence-electron chi connectivity index (χ2n) is 3.46. The number of pyridine rings is 2. The summed E-state index contributed by atoms with van der Waals surface area (Å²) in [5.74, 6) is 0.998. The zero-order chi connectivity index (χ0) is 12.3. The Morgan fingerprint density at radius 3 is 2.76 bits per heavy atom. The molecule has 2 aromatic heterocycles. The molecular formula is C12H11N3OS. The number of thiocarbonyl (C=S) groups is 1. The number of rotatable bonds is 3. The van der Waals surface area contributed by atoms with Crippen molar-refractivity contribution in [2.24, 2.45) is 5.73 Å². The van der Waals surface area contributed by atoms with Crippen LogP contribution in [0.3, 0.4) is 0 Å². The molecule has 0 aliphatic carbocycles. The molecule has 0 radical (unpaired) electrons. The van der Waals surface area contributed by atoms with E-state index in [1.807, 2.05) is 19.1 Å². The molecule has 0 amide bonds. The molecule has 2 aromatic rings. The Labute approximate surface area is 104 Å². The second-order valence-corrected chi connectivity index (χ2v) is 3.90. The van der Waals surface area contributed by atoms with Crippen LogP contribution in [-0.4, -0.2) is 15.0 Å². The molecule has 0 saturated heterocycles. The van der Waals surface area contributed by atoms with Gasteiger partial charge in [-0.25, -0.2) is 4.98 Å². The van der Waals surface area contributed by atoms with E-state index in [-0.39, 0.29) is 4.99 Å². The summed E-state index contributed by atoms with van der Waals surface area (Å²) in [5, 5.41) is 0. The van der Waals surface area contributed by atoms with Crippen molar-refractivity contribution in [2.75, 3.05) is 0 Å². The fraction of sp³-hybridized carbons (Fsp3) is 0.0833. The van der Waals surface area contributed by atoms with Gasteiger partial charge in [-0.1, -0.05) is 12.2 Å². The average molecular weight is 245 g/mol. The summed E-state index contributed by atoms with van der Waals surface area (Å²) >= 11 is 4.93. The van der Waals surface area contributed by atoms with Crippen LogP contribution < -0.4 is 10.5 Å². The number of ether oxygens (including phenoxy) is 1. The van der Waals surface area contributed by atoms with Crippen molar-refractivity contribution < 1.29 is 4.74 Å². The maximum absolute atomic E-state index is 5.59. The van der Waals surface area contributed by atoms with E-state index in [0.29, 0.717) is 17.2 Å². The summed E-state index contributed by atoms with van der Waals surface area (Å²) in [6, 6.07) is 7.21. The number of nitrogens with two attached hydrogens (primary N) is 1. The van der Waals surface area contributed by atoms with Gasteiger partial charge in [0.1, 0.15) is 10.7 Å². The largest absolute Gasteiger partial charge is 0.437 e. The van der Waals surface area contributed by atoms with Crippen LogP contribution in [0.15, 0.2) is 36.7 Å². The Morgan fingerprint density at radius 2 is 2.12 bits per heavy atom. The number of hydrogen-bond acceptors (Lipinski definition) is 4. The number of aromatic nitrogens is 2. The summed E-state index contributed by atoms with van der Waals surface area (Å²) in [4.78, 5) is 8.49. The van der Waals surface area contributed by atoms with Crippen LogP contribution in [0.25, 0.3) is 0 Å². The van der Waals surface area contributed by atoms with Crippen molar-refractivity contribution in [1.82, 2.24) is 9.97 Å².